The Hall–Kier alpha value is -1.58. The topological polar surface area (TPSA) is 52.3 Å². The largest absolute Gasteiger partial charge is 0.462 e. The maximum absolute atomic E-state index is 13.4. The van der Waals surface area contributed by atoms with Crippen LogP contribution in [0.25, 0.3) is 0 Å². The van der Waals surface area contributed by atoms with Crippen LogP contribution in [0.2, 0.25) is 0 Å². The van der Waals surface area contributed by atoms with Crippen LogP contribution in [0.1, 0.15) is 55.8 Å². The molecule has 1 aromatic rings. The van der Waals surface area contributed by atoms with Crippen LogP contribution in [0.4, 0.5) is 10.1 Å². The summed E-state index contributed by atoms with van der Waals surface area (Å²) in [4.78, 5) is 11.6. The first-order valence-electron chi connectivity index (χ1n) is 6.87. The van der Waals surface area contributed by atoms with Crippen LogP contribution in [-0.2, 0) is 4.74 Å². The second-order valence-electron chi connectivity index (χ2n) is 4.64. The fraction of sp³-hybridized carbons (Fsp3) is 0.533. The Morgan fingerprint density at radius 1 is 1.21 bits per heavy atom. The van der Waals surface area contributed by atoms with E-state index in [1.54, 1.807) is 0 Å². The second kappa shape index (κ2) is 8.51. The molecule has 0 radical (unpaired) electrons. The third kappa shape index (κ3) is 5.73. The molecule has 0 fully saturated rings. The van der Waals surface area contributed by atoms with Gasteiger partial charge in [-0.25, -0.2) is 9.18 Å². The molecular formula is C15H22FNO2. The summed E-state index contributed by atoms with van der Waals surface area (Å²) in [6.45, 7) is 2.51. The molecule has 1 aromatic carbocycles. The molecule has 0 amide bonds. The average Bonchev–Trinajstić information content (AvgIpc) is 2.37. The quantitative estimate of drug-likeness (QED) is 0.441. The lowest BCUT2D eigenvalue weighted by Gasteiger charge is -2.06. The maximum atomic E-state index is 13.4. The minimum Gasteiger partial charge on any atom is -0.462 e. The second-order valence-corrected chi connectivity index (χ2v) is 4.64. The van der Waals surface area contributed by atoms with Crippen molar-refractivity contribution in [3.8, 4) is 0 Å². The Kier molecular flexibility index (Phi) is 6.93. The van der Waals surface area contributed by atoms with Crippen LogP contribution >= 0.6 is 0 Å². The molecule has 19 heavy (non-hydrogen) atoms. The van der Waals surface area contributed by atoms with Gasteiger partial charge in [0.2, 0.25) is 0 Å². The first-order valence-corrected chi connectivity index (χ1v) is 6.87. The Balaban J connectivity index is 2.24. The smallest absolute Gasteiger partial charge is 0.341 e. The highest BCUT2D eigenvalue weighted by atomic mass is 19.1. The van der Waals surface area contributed by atoms with Crippen molar-refractivity contribution in [3.05, 3.63) is 29.6 Å². The van der Waals surface area contributed by atoms with E-state index in [-0.39, 0.29) is 5.56 Å². The monoisotopic (exact) mass is 267 g/mol. The molecule has 0 bridgehead atoms. The van der Waals surface area contributed by atoms with Crippen molar-refractivity contribution < 1.29 is 13.9 Å². The van der Waals surface area contributed by atoms with Crippen molar-refractivity contribution in [2.24, 2.45) is 0 Å². The van der Waals surface area contributed by atoms with E-state index in [9.17, 15) is 9.18 Å². The van der Waals surface area contributed by atoms with Gasteiger partial charge in [-0.15, -0.1) is 0 Å². The van der Waals surface area contributed by atoms with Crippen LogP contribution in [0.3, 0.4) is 0 Å². The summed E-state index contributed by atoms with van der Waals surface area (Å²) in [6.07, 6.45) is 6.70. The van der Waals surface area contributed by atoms with E-state index in [2.05, 4.69) is 6.92 Å². The average molecular weight is 267 g/mol. The first-order chi connectivity index (χ1) is 9.15. The first kappa shape index (κ1) is 15.5. The van der Waals surface area contributed by atoms with Crippen molar-refractivity contribution in [1.82, 2.24) is 0 Å². The van der Waals surface area contributed by atoms with E-state index in [4.69, 9.17) is 10.5 Å². The summed E-state index contributed by atoms with van der Waals surface area (Å²) in [5, 5.41) is 0. The lowest BCUT2D eigenvalue weighted by atomic mass is 10.1. The number of nitrogens with two attached hydrogens (primary N) is 1. The molecular weight excluding hydrogens is 245 g/mol. The summed E-state index contributed by atoms with van der Waals surface area (Å²) in [6, 6.07) is 3.97. The van der Waals surface area contributed by atoms with Gasteiger partial charge < -0.3 is 10.5 Å². The number of carbonyl (C=O) groups excluding carboxylic acids is 1. The van der Waals surface area contributed by atoms with Gasteiger partial charge in [-0.1, -0.05) is 39.0 Å². The lowest BCUT2D eigenvalue weighted by molar-refractivity contribution is 0.0492. The van der Waals surface area contributed by atoms with E-state index in [1.165, 1.54) is 31.4 Å². The summed E-state index contributed by atoms with van der Waals surface area (Å²) in [7, 11) is 0. The Bertz CT molecular complexity index is 407. The Labute approximate surface area is 113 Å². The predicted molar refractivity (Wildman–Crippen MR) is 74.5 cm³/mol. The number of ether oxygens (including phenoxy) is 1. The molecule has 3 nitrogen and oxygen atoms in total. The molecule has 0 saturated heterocycles. The zero-order valence-electron chi connectivity index (χ0n) is 11.5. The van der Waals surface area contributed by atoms with E-state index >= 15 is 0 Å². The number of anilines is 1. The Morgan fingerprint density at radius 2 is 1.89 bits per heavy atom. The molecule has 0 aliphatic heterocycles. The van der Waals surface area contributed by atoms with Gasteiger partial charge in [0.15, 0.2) is 0 Å². The number of benzene rings is 1. The molecule has 0 unspecified atom stereocenters. The number of carbonyl (C=O) groups is 1. The van der Waals surface area contributed by atoms with Crippen molar-refractivity contribution in [2.45, 2.75) is 45.4 Å². The standard InChI is InChI=1S/C15H22FNO2/c1-2-3-4-5-6-7-10-19-15(18)13-9-8-12(17)11-14(13)16/h8-9,11H,2-7,10,17H2,1H3. The predicted octanol–water partition coefficient (Wildman–Crippen LogP) is 3.93. The third-order valence-electron chi connectivity index (χ3n) is 2.94. The SMILES string of the molecule is CCCCCCCCOC(=O)c1ccc(N)cc1F. The molecule has 1 rings (SSSR count). The number of hydrogen-bond donors (Lipinski definition) is 1. The van der Waals surface area contributed by atoms with Gasteiger partial charge in [0.1, 0.15) is 5.82 Å². The van der Waals surface area contributed by atoms with Gasteiger partial charge >= 0.3 is 5.97 Å². The zero-order valence-corrected chi connectivity index (χ0v) is 11.5. The van der Waals surface area contributed by atoms with Crippen LogP contribution in [-0.4, -0.2) is 12.6 Å². The number of halogens is 1. The molecule has 106 valence electrons. The number of esters is 1. The van der Waals surface area contributed by atoms with Crippen molar-refractivity contribution in [1.29, 1.82) is 0 Å². The lowest BCUT2D eigenvalue weighted by Crippen LogP contribution is -2.09. The third-order valence-corrected chi connectivity index (χ3v) is 2.94. The minimum atomic E-state index is -0.632. The molecule has 0 aliphatic carbocycles. The highest BCUT2D eigenvalue weighted by molar-refractivity contribution is 5.90. The van der Waals surface area contributed by atoms with E-state index < -0.39 is 11.8 Å². The van der Waals surface area contributed by atoms with Gasteiger partial charge in [-0.3, -0.25) is 0 Å². The maximum Gasteiger partial charge on any atom is 0.341 e. The summed E-state index contributed by atoms with van der Waals surface area (Å²) < 4.78 is 18.5. The van der Waals surface area contributed by atoms with Crippen molar-refractivity contribution >= 4 is 11.7 Å². The van der Waals surface area contributed by atoms with Crippen LogP contribution in [0.15, 0.2) is 18.2 Å². The van der Waals surface area contributed by atoms with Crippen LogP contribution in [0.5, 0.6) is 0 Å². The zero-order chi connectivity index (χ0) is 14.1. The molecule has 4 heteroatoms. The molecule has 2 N–H and O–H groups in total. The van der Waals surface area contributed by atoms with Gasteiger partial charge in [0.05, 0.1) is 12.2 Å². The summed E-state index contributed by atoms with van der Waals surface area (Å²) >= 11 is 0. The molecule has 0 aliphatic rings. The highest BCUT2D eigenvalue weighted by Crippen LogP contribution is 2.13. The summed E-state index contributed by atoms with van der Waals surface area (Å²) in [5.74, 6) is -1.25. The van der Waals surface area contributed by atoms with Crippen LogP contribution in [0, 0.1) is 5.82 Å². The number of nitrogen functional groups attached to an aromatic ring is 1. The van der Waals surface area contributed by atoms with E-state index in [1.807, 2.05) is 0 Å². The van der Waals surface area contributed by atoms with Gasteiger partial charge in [0, 0.05) is 5.69 Å². The van der Waals surface area contributed by atoms with Crippen molar-refractivity contribution in [3.63, 3.8) is 0 Å². The van der Waals surface area contributed by atoms with Gasteiger partial charge in [-0.2, -0.15) is 0 Å². The van der Waals surface area contributed by atoms with Gasteiger partial charge in [-0.05, 0) is 24.6 Å². The fourth-order valence-electron chi connectivity index (χ4n) is 1.82. The van der Waals surface area contributed by atoms with E-state index in [0.29, 0.717) is 12.3 Å². The highest BCUT2D eigenvalue weighted by Gasteiger charge is 2.12. The fourth-order valence-corrected chi connectivity index (χ4v) is 1.82. The van der Waals surface area contributed by atoms with Crippen molar-refractivity contribution in [2.75, 3.05) is 12.3 Å². The molecule has 0 spiro atoms. The number of hydrogen-bond acceptors (Lipinski definition) is 3. The number of rotatable bonds is 8. The summed E-state index contributed by atoms with van der Waals surface area (Å²) in [5.41, 5.74) is 5.66. The normalized spacial score (nSPS) is 10.4. The van der Waals surface area contributed by atoms with E-state index in [0.717, 1.165) is 25.3 Å². The molecule has 0 saturated carbocycles. The molecule has 0 heterocycles. The minimum absolute atomic E-state index is 0.0554. The molecule has 0 aromatic heterocycles. The Morgan fingerprint density at radius 3 is 2.58 bits per heavy atom. The van der Waals surface area contributed by atoms with Gasteiger partial charge in [0.25, 0.3) is 0 Å². The van der Waals surface area contributed by atoms with Crippen LogP contribution < -0.4 is 5.73 Å². The number of unbranched alkanes of at least 4 members (excludes halogenated alkanes) is 5. The molecule has 0 atom stereocenters.